The number of halogens is 3. The second-order valence-corrected chi connectivity index (χ2v) is 6.28. The minimum Gasteiger partial charge on any atom is -0.465 e. The van der Waals surface area contributed by atoms with Crippen molar-refractivity contribution in [3.8, 4) is 0 Å². The van der Waals surface area contributed by atoms with Gasteiger partial charge in [-0.3, -0.25) is 14.6 Å². The van der Waals surface area contributed by atoms with Crippen LogP contribution in [0.2, 0.25) is 0 Å². The monoisotopic (exact) mass is 444 g/mol. The molecule has 2 aromatic carbocycles. The lowest BCUT2D eigenvalue weighted by molar-refractivity contribution is 0.0982. The molecule has 1 aliphatic heterocycles. The summed E-state index contributed by atoms with van der Waals surface area (Å²) in [5.41, 5.74) is 0.541. The Morgan fingerprint density at radius 3 is 2.58 bits per heavy atom. The molecular weight excluding hydrogens is 433 g/mol. The molecule has 0 atom stereocenters. The number of carboxylic acid groups (broad SMARTS) is 1. The number of carbonyl (C=O) groups is 2. The fraction of sp³-hybridized carbons (Fsp3) is 0.125. The topological polar surface area (TPSA) is 60.9 Å². The first-order valence-electron chi connectivity index (χ1n) is 6.89. The van der Waals surface area contributed by atoms with Crippen LogP contribution in [0.1, 0.15) is 22.3 Å². The van der Waals surface area contributed by atoms with Crippen LogP contribution in [-0.4, -0.2) is 23.8 Å². The molecule has 0 aromatic heterocycles. The van der Waals surface area contributed by atoms with E-state index in [1.165, 1.54) is 35.2 Å². The molecule has 1 aliphatic rings. The maximum absolute atomic E-state index is 12.9. The van der Waals surface area contributed by atoms with E-state index < -0.39 is 18.4 Å². The average Bonchev–Trinajstić information content (AvgIpc) is 2.55. The van der Waals surface area contributed by atoms with Crippen LogP contribution in [0, 0.1) is 3.57 Å². The first kappa shape index (κ1) is 16.6. The zero-order valence-corrected chi connectivity index (χ0v) is 14.3. The zero-order valence-electron chi connectivity index (χ0n) is 12.1. The Labute approximate surface area is 149 Å². The number of anilines is 2. The third-order valence-corrected chi connectivity index (χ3v) is 4.55. The summed E-state index contributed by atoms with van der Waals surface area (Å²) in [5, 5.41) is 9.47. The largest absolute Gasteiger partial charge is 0.465 e. The van der Waals surface area contributed by atoms with Crippen LogP contribution in [-0.2, 0) is 0 Å². The lowest BCUT2D eigenvalue weighted by Gasteiger charge is -2.35. The Hall–Kier alpha value is -2.23. The second-order valence-electron chi connectivity index (χ2n) is 5.12. The van der Waals surface area contributed by atoms with E-state index in [9.17, 15) is 23.5 Å². The normalized spacial score (nSPS) is 14.1. The molecule has 0 saturated heterocycles. The van der Waals surface area contributed by atoms with Gasteiger partial charge in [-0.05, 0) is 46.9 Å². The number of fused-ring (bicyclic) bond motifs is 1. The number of alkyl halides is 2. The van der Waals surface area contributed by atoms with Crippen molar-refractivity contribution in [1.82, 2.24) is 0 Å². The van der Waals surface area contributed by atoms with Gasteiger partial charge in [0, 0.05) is 14.8 Å². The van der Waals surface area contributed by atoms with Crippen molar-refractivity contribution >= 4 is 46.0 Å². The van der Waals surface area contributed by atoms with Crippen LogP contribution in [0.15, 0.2) is 42.5 Å². The summed E-state index contributed by atoms with van der Waals surface area (Å²) < 4.78 is 26.4. The molecule has 2 aromatic rings. The maximum atomic E-state index is 12.9. The number of para-hydroxylation sites is 1. The number of hydrogen-bond donors (Lipinski definition) is 1. The first-order chi connectivity index (χ1) is 11.4. The summed E-state index contributed by atoms with van der Waals surface area (Å²) >= 11 is 1.96. The molecule has 1 heterocycles. The lowest BCUT2D eigenvalue weighted by Crippen LogP contribution is -2.49. The van der Waals surface area contributed by atoms with Crippen LogP contribution in [0.4, 0.5) is 25.0 Å². The quantitative estimate of drug-likeness (QED) is 0.702. The second kappa shape index (κ2) is 6.34. The predicted molar refractivity (Wildman–Crippen MR) is 92.7 cm³/mol. The minimum absolute atomic E-state index is 0.220. The van der Waals surface area contributed by atoms with Crippen molar-refractivity contribution in [2.24, 2.45) is 0 Å². The van der Waals surface area contributed by atoms with Crippen molar-refractivity contribution in [3.05, 3.63) is 57.2 Å². The van der Waals surface area contributed by atoms with Gasteiger partial charge in [-0.2, -0.15) is 0 Å². The molecule has 1 N–H and O–H groups in total. The predicted octanol–water partition coefficient (Wildman–Crippen LogP) is 4.33. The Morgan fingerprint density at radius 1 is 1.21 bits per heavy atom. The van der Waals surface area contributed by atoms with Gasteiger partial charge in [-0.15, -0.1) is 0 Å². The molecule has 24 heavy (non-hydrogen) atoms. The molecule has 0 spiro atoms. The third kappa shape index (κ3) is 2.81. The summed E-state index contributed by atoms with van der Waals surface area (Å²) in [7, 11) is 0. The van der Waals surface area contributed by atoms with E-state index in [0.717, 1.165) is 4.90 Å². The van der Waals surface area contributed by atoms with Crippen molar-refractivity contribution in [1.29, 1.82) is 0 Å². The van der Waals surface area contributed by atoms with Crippen LogP contribution in [0.5, 0.6) is 0 Å². The van der Waals surface area contributed by atoms with Crippen molar-refractivity contribution < 1.29 is 23.5 Å². The van der Waals surface area contributed by atoms with Crippen molar-refractivity contribution in [2.75, 3.05) is 16.5 Å². The summed E-state index contributed by atoms with van der Waals surface area (Å²) in [5.74, 6) is -0.424. The zero-order chi connectivity index (χ0) is 17.4. The van der Waals surface area contributed by atoms with Crippen LogP contribution >= 0.6 is 22.6 Å². The molecular formula is C16H11F2IN2O3. The smallest absolute Gasteiger partial charge is 0.413 e. The number of hydrogen-bond acceptors (Lipinski definition) is 2. The van der Waals surface area contributed by atoms with Crippen molar-refractivity contribution in [3.63, 3.8) is 0 Å². The lowest BCUT2D eigenvalue weighted by atomic mass is 10.1. The van der Waals surface area contributed by atoms with E-state index in [1.54, 1.807) is 12.1 Å². The minimum atomic E-state index is -2.67. The molecule has 0 aliphatic carbocycles. The summed E-state index contributed by atoms with van der Waals surface area (Å²) in [6.45, 7) is -0.256. The molecule has 0 fully saturated rings. The van der Waals surface area contributed by atoms with E-state index in [1.807, 2.05) is 22.6 Å². The number of benzene rings is 2. The Kier molecular flexibility index (Phi) is 4.39. The van der Waals surface area contributed by atoms with Gasteiger partial charge in [0.2, 0.25) is 0 Å². The fourth-order valence-electron chi connectivity index (χ4n) is 2.57. The van der Waals surface area contributed by atoms with E-state index in [-0.39, 0.29) is 23.5 Å². The van der Waals surface area contributed by atoms with Gasteiger partial charge in [0.05, 0.1) is 11.3 Å². The highest BCUT2D eigenvalue weighted by molar-refractivity contribution is 14.1. The molecule has 0 saturated carbocycles. The van der Waals surface area contributed by atoms with Crippen LogP contribution in [0.3, 0.4) is 0 Å². The summed E-state index contributed by atoms with van der Waals surface area (Å²) in [6.07, 6.45) is -3.89. The van der Waals surface area contributed by atoms with Gasteiger partial charge in [-0.25, -0.2) is 13.6 Å². The molecule has 8 heteroatoms. The van der Waals surface area contributed by atoms with Gasteiger partial charge in [0.25, 0.3) is 12.3 Å². The fourth-order valence-corrected chi connectivity index (χ4v) is 3.36. The van der Waals surface area contributed by atoms with Crippen LogP contribution < -0.4 is 9.80 Å². The molecule has 0 radical (unpaired) electrons. The Balaban J connectivity index is 2.10. The number of nitrogens with zero attached hydrogens (tertiary/aromatic N) is 2. The Morgan fingerprint density at radius 2 is 1.92 bits per heavy atom. The van der Waals surface area contributed by atoms with Gasteiger partial charge < -0.3 is 5.11 Å². The first-order valence-corrected chi connectivity index (χ1v) is 7.97. The van der Waals surface area contributed by atoms with E-state index >= 15 is 0 Å². The van der Waals surface area contributed by atoms with Gasteiger partial charge in [0.1, 0.15) is 6.67 Å². The van der Waals surface area contributed by atoms with Gasteiger partial charge in [-0.1, -0.05) is 18.2 Å². The van der Waals surface area contributed by atoms with E-state index in [0.29, 0.717) is 9.26 Å². The summed E-state index contributed by atoms with van der Waals surface area (Å²) in [4.78, 5) is 26.5. The van der Waals surface area contributed by atoms with Crippen molar-refractivity contribution in [2.45, 2.75) is 6.43 Å². The van der Waals surface area contributed by atoms with Gasteiger partial charge >= 0.3 is 6.09 Å². The molecule has 3 rings (SSSR count). The Bertz CT molecular complexity index is 829. The maximum Gasteiger partial charge on any atom is 0.413 e. The average molecular weight is 444 g/mol. The highest BCUT2D eigenvalue weighted by Gasteiger charge is 2.34. The number of carbonyl (C=O) groups excluding carboxylic acids is 1. The highest BCUT2D eigenvalue weighted by Crippen LogP contribution is 2.35. The van der Waals surface area contributed by atoms with E-state index in [4.69, 9.17) is 0 Å². The molecule has 0 unspecified atom stereocenters. The SMILES string of the molecule is O=C1c2cccc(I)c2N(C(=O)O)CN1c1cccc(C(F)F)c1. The standard InChI is InChI=1S/C16H11F2IN2O3/c17-14(18)9-3-1-4-10(7-9)20-8-21(16(23)24)13-11(15(20)22)5-2-6-12(13)19/h1-7,14H,8H2,(H,23,24). The molecule has 2 amide bonds. The highest BCUT2D eigenvalue weighted by atomic mass is 127. The van der Waals surface area contributed by atoms with Gasteiger partial charge in [0.15, 0.2) is 0 Å². The van der Waals surface area contributed by atoms with E-state index in [2.05, 4.69) is 0 Å². The summed E-state index contributed by atoms with van der Waals surface area (Å²) in [6, 6.07) is 10.3. The third-order valence-electron chi connectivity index (χ3n) is 3.68. The molecule has 5 nitrogen and oxygen atoms in total. The number of amides is 2. The molecule has 124 valence electrons. The van der Waals surface area contributed by atoms with Crippen LogP contribution in [0.25, 0.3) is 0 Å². The number of rotatable bonds is 2. The molecule has 0 bridgehead atoms.